The minimum absolute atomic E-state index is 0.117. The number of fused-ring (bicyclic) bond motifs is 5. The van der Waals surface area contributed by atoms with Crippen molar-refractivity contribution in [2.45, 2.75) is 90.6 Å². The maximum atomic E-state index is 11.9. The molecule has 4 aliphatic rings. The van der Waals surface area contributed by atoms with E-state index in [0.29, 0.717) is 11.7 Å². The standard InChI is InChI=1S/C22H34O2/c1-4-10-22(24)13-9-19-17-6-5-15-14-16(23)7-11-20(15,2)18(17)8-12-21(19,22)3/h14,17-19,24H,4-13H2,1-3H3/t17-,18+,19+,20+,21+,22+/m1/s1. The smallest absolute Gasteiger partial charge is 0.155 e. The molecule has 4 rings (SSSR count). The van der Waals surface area contributed by atoms with E-state index < -0.39 is 5.60 Å². The molecule has 0 amide bonds. The van der Waals surface area contributed by atoms with Gasteiger partial charge in [-0.1, -0.05) is 32.8 Å². The molecule has 4 aliphatic carbocycles. The van der Waals surface area contributed by atoms with Gasteiger partial charge in [-0.25, -0.2) is 0 Å². The van der Waals surface area contributed by atoms with E-state index in [0.717, 1.165) is 50.4 Å². The van der Waals surface area contributed by atoms with Crippen LogP contribution in [0.15, 0.2) is 11.6 Å². The van der Waals surface area contributed by atoms with E-state index in [1.165, 1.54) is 31.3 Å². The summed E-state index contributed by atoms with van der Waals surface area (Å²) in [5.41, 5.74) is 1.39. The Hall–Kier alpha value is -0.630. The summed E-state index contributed by atoms with van der Waals surface area (Å²) >= 11 is 0. The molecule has 134 valence electrons. The molecule has 0 saturated heterocycles. The molecule has 3 fully saturated rings. The van der Waals surface area contributed by atoms with Crippen LogP contribution >= 0.6 is 0 Å². The van der Waals surface area contributed by atoms with Crippen molar-refractivity contribution >= 4 is 5.78 Å². The lowest BCUT2D eigenvalue weighted by Crippen LogP contribution is -2.54. The van der Waals surface area contributed by atoms with E-state index in [4.69, 9.17) is 0 Å². The number of carbonyl (C=O) groups excluding carboxylic acids is 1. The van der Waals surface area contributed by atoms with Gasteiger partial charge in [0, 0.05) is 6.42 Å². The van der Waals surface area contributed by atoms with Crippen LogP contribution in [0, 0.1) is 28.6 Å². The van der Waals surface area contributed by atoms with E-state index in [2.05, 4.69) is 20.8 Å². The van der Waals surface area contributed by atoms with E-state index in [-0.39, 0.29) is 10.8 Å². The minimum Gasteiger partial charge on any atom is -0.389 e. The molecule has 0 bridgehead atoms. The Balaban J connectivity index is 1.66. The van der Waals surface area contributed by atoms with E-state index in [1.807, 2.05) is 6.08 Å². The number of aliphatic hydroxyl groups is 1. The van der Waals surface area contributed by atoms with Crippen molar-refractivity contribution < 1.29 is 9.90 Å². The van der Waals surface area contributed by atoms with Crippen LogP contribution in [-0.2, 0) is 4.79 Å². The third-order valence-corrected chi connectivity index (χ3v) is 8.95. The summed E-state index contributed by atoms with van der Waals surface area (Å²) < 4.78 is 0. The lowest BCUT2D eigenvalue weighted by Gasteiger charge is -2.59. The van der Waals surface area contributed by atoms with Gasteiger partial charge in [-0.3, -0.25) is 4.79 Å². The monoisotopic (exact) mass is 330 g/mol. The first-order valence-corrected chi connectivity index (χ1v) is 10.3. The fourth-order valence-corrected chi connectivity index (χ4v) is 7.49. The second-order valence-electron chi connectivity index (χ2n) is 9.75. The van der Waals surface area contributed by atoms with Gasteiger partial charge in [0.25, 0.3) is 0 Å². The summed E-state index contributed by atoms with van der Waals surface area (Å²) in [6.45, 7) is 7.05. The Labute approximate surface area is 147 Å². The van der Waals surface area contributed by atoms with Crippen molar-refractivity contribution in [2.75, 3.05) is 0 Å². The van der Waals surface area contributed by atoms with Crippen molar-refractivity contribution in [3.8, 4) is 0 Å². The zero-order valence-corrected chi connectivity index (χ0v) is 15.7. The van der Waals surface area contributed by atoms with Crippen LogP contribution in [0.2, 0.25) is 0 Å². The van der Waals surface area contributed by atoms with Gasteiger partial charge in [0.2, 0.25) is 0 Å². The van der Waals surface area contributed by atoms with Gasteiger partial charge < -0.3 is 5.11 Å². The predicted octanol–water partition coefficient (Wildman–Crippen LogP) is 5.05. The topological polar surface area (TPSA) is 37.3 Å². The highest BCUT2D eigenvalue weighted by Crippen LogP contribution is 2.68. The third kappa shape index (κ3) is 2.08. The van der Waals surface area contributed by atoms with Gasteiger partial charge in [0.05, 0.1) is 5.60 Å². The first-order chi connectivity index (χ1) is 11.3. The molecular weight excluding hydrogens is 296 g/mol. The van der Waals surface area contributed by atoms with Crippen molar-refractivity contribution in [3.05, 3.63) is 11.6 Å². The summed E-state index contributed by atoms with van der Waals surface area (Å²) in [5.74, 6) is 2.51. The second-order valence-corrected chi connectivity index (χ2v) is 9.75. The van der Waals surface area contributed by atoms with Crippen LogP contribution in [-0.4, -0.2) is 16.5 Å². The van der Waals surface area contributed by atoms with Crippen LogP contribution in [0.3, 0.4) is 0 Å². The second kappa shape index (κ2) is 5.43. The van der Waals surface area contributed by atoms with Crippen molar-refractivity contribution in [2.24, 2.45) is 28.6 Å². The summed E-state index contributed by atoms with van der Waals surface area (Å²) in [5, 5.41) is 11.4. The average Bonchev–Trinajstić information content (AvgIpc) is 2.80. The van der Waals surface area contributed by atoms with Gasteiger partial charge in [-0.05, 0) is 86.0 Å². The molecule has 1 N–H and O–H groups in total. The number of allylic oxidation sites excluding steroid dienone is 1. The zero-order valence-electron chi connectivity index (χ0n) is 15.7. The fourth-order valence-electron chi connectivity index (χ4n) is 7.49. The van der Waals surface area contributed by atoms with Crippen LogP contribution in [0.4, 0.5) is 0 Å². The molecule has 2 heteroatoms. The van der Waals surface area contributed by atoms with Crippen LogP contribution < -0.4 is 0 Å². The van der Waals surface area contributed by atoms with Crippen LogP contribution in [0.25, 0.3) is 0 Å². The van der Waals surface area contributed by atoms with Crippen molar-refractivity contribution in [1.29, 1.82) is 0 Å². The Morgan fingerprint density at radius 1 is 1.08 bits per heavy atom. The molecule has 0 spiro atoms. The van der Waals surface area contributed by atoms with Gasteiger partial charge in [0.15, 0.2) is 5.78 Å². The predicted molar refractivity (Wildman–Crippen MR) is 96.6 cm³/mol. The number of rotatable bonds is 2. The van der Waals surface area contributed by atoms with E-state index in [1.54, 1.807) is 0 Å². The molecule has 6 atom stereocenters. The fraction of sp³-hybridized carbons (Fsp3) is 0.864. The molecule has 24 heavy (non-hydrogen) atoms. The minimum atomic E-state index is -0.434. The van der Waals surface area contributed by atoms with Gasteiger partial charge in [0.1, 0.15) is 0 Å². The first kappa shape index (κ1) is 16.8. The largest absolute Gasteiger partial charge is 0.389 e. The number of hydrogen-bond acceptors (Lipinski definition) is 2. The van der Waals surface area contributed by atoms with Crippen molar-refractivity contribution in [3.63, 3.8) is 0 Å². The highest BCUT2D eigenvalue weighted by molar-refractivity contribution is 5.91. The highest BCUT2D eigenvalue weighted by atomic mass is 16.3. The molecule has 0 radical (unpaired) electrons. The van der Waals surface area contributed by atoms with Crippen molar-refractivity contribution in [1.82, 2.24) is 0 Å². The maximum absolute atomic E-state index is 11.9. The van der Waals surface area contributed by atoms with Gasteiger partial charge in [-0.2, -0.15) is 0 Å². The Morgan fingerprint density at radius 2 is 1.83 bits per heavy atom. The Morgan fingerprint density at radius 3 is 2.58 bits per heavy atom. The molecule has 0 unspecified atom stereocenters. The Bertz CT molecular complexity index is 579. The zero-order chi connectivity index (χ0) is 17.2. The maximum Gasteiger partial charge on any atom is 0.155 e. The quantitative estimate of drug-likeness (QED) is 0.769. The molecule has 0 aromatic carbocycles. The summed E-state index contributed by atoms with van der Waals surface area (Å²) in [6, 6.07) is 0. The number of carbonyl (C=O) groups is 1. The normalized spacial score (nSPS) is 50.8. The Kier molecular flexibility index (Phi) is 3.81. The molecule has 0 aliphatic heterocycles. The lowest BCUT2D eigenvalue weighted by atomic mass is 9.46. The third-order valence-electron chi connectivity index (χ3n) is 8.95. The first-order valence-electron chi connectivity index (χ1n) is 10.3. The van der Waals surface area contributed by atoms with E-state index >= 15 is 0 Å². The molecule has 0 aromatic heterocycles. The molecule has 2 nitrogen and oxygen atoms in total. The van der Waals surface area contributed by atoms with Gasteiger partial charge >= 0.3 is 0 Å². The SMILES string of the molecule is CCC[C@]1(O)CC[C@H]2[C@@H]3CCC4=CC(=O)CC[C@]4(C)[C@H]3CC[C@@]21C. The van der Waals surface area contributed by atoms with Crippen LogP contribution in [0.5, 0.6) is 0 Å². The summed E-state index contributed by atoms with van der Waals surface area (Å²) in [6.07, 6.45) is 12.8. The van der Waals surface area contributed by atoms with Crippen LogP contribution in [0.1, 0.15) is 85.0 Å². The summed E-state index contributed by atoms with van der Waals surface area (Å²) in [4.78, 5) is 11.9. The highest BCUT2D eigenvalue weighted by Gasteiger charge is 2.63. The molecule has 3 saturated carbocycles. The lowest BCUT2D eigenvalue weighted by molar-refractivity contribution is -0.132. The number of hydrogen-bond donors (Lipinski definition) is 1. The van der Waals surface area contributed by atoms with E-state index in [9.17, 15) is 9.90 Å². The molecule has 0 heterocycles. The summed E-state index contributed by atoms with van der Waals surface area (Å²) in [7, 11) is 0. The van der Waals surface area contributed by atoms with Gasteiger partial charge in [-0.15, -0.1) is 0 Å². The number of ketones is 1. The average molecular weight is 331 g/mol. The molecular formula is C22H34O2. The molecule has 0 aromatic rings.